The van der Waals surface area contributed by atoms with Crippen LogP contribution in [-0.2, 0) is 15.9 Å². The van der Waals surface area contributed by atoms with Crippen molar-refractivity contribution in [1.29, 1.82) is 0 Å². The minimum Gasteiger partial charge on any atom is -0.465 e. The Kier molecular flexibility index (Phi) is 6.12. The number of hydrogen-bond acceptors (Lipinski definition) is 4. The Morgan fingerprint density at radius 3 is 2.37 bits per heavy atom. The normalized spacial score (nSPS) is 10.3. The van der Waals surface area contributed by atoms with E-state index in [1.165, 1.54) is 20.4 Å². The van der Waals surface area contributed by atoms with Gasteiger partial charge in [0, 0.05) is 6.20 Å². The summed E-state index contributed by atoms with van der Waals surface area (Å²) in [6.45, 7) is 2.13. The van der Waals surface area contributed by atoms with Gasteiger partial charge in [-0.25, -0.2) is 9.59 Å². The molecule has 0 spiro atoms. The number of hydrogen-bond donors (Lipinski definition) is 1. The third-order valence-corrected chi connectivity index (χ3v) is 3.06. The second kappa shape index (κ2) is 7.61. The van der Waals surface area contributed by atoms with Crippen LogP contribution in [0, 0.1) is 0 Å². The molecule has 5 nitrogen and oxygen atoms in total. The quantitative estimate of drug-likeness (QED) is 0.609. The summed E-state index contributed by atoms with van der Waals surface area (Å²) in [7, 11) is 2.65. The molecule has 1 rings (SSSR count). The van der Waals surface area contributed by atoms with Crippen LogP contribution >= 0.6 is 0 Å². The van der Waals surface area contributed by atoms with Crippen molar-refractivity contribution in [2.24, 2.45) is 0 Å². The summed E-state index contributed by atoms with van der Waals surface area (Å²) in [5.41, 5.74) is 1.45. The zero-order valence-corrected chi connectivity index (χ0v) is 11.7. The molecule has 106 valence electrons. The molecular formula is C14H21NO4. The van der Waals surface area contributed by atoms with E-state index in [0.717, 1.165) is 25.7 Å². The number of aromatic nitrogens is 1. The van der Waals surface area contributed by atoms with E-state index in [0.29, 0.717) is 23.2 Å². The van der Waals surface area contributed by atoms with Crippen molar-refractivity contribution in [2.45, 2.75) is 39.0 Å². The van der Waals surface area contributed by atoms with Crippen LogP contribution in [0.5, 0.6) is 0 Å². The van der Waals surface area contributed by atoms with Gasteiger partial charge in [0.05, 0.1) is 19.8 Å². The average Bonchev–Trinajstić information content (AvgIpc) is 2.85. The van der Waals surface area contributed by atoms with Crippen molar-refractivity contribution in [2.75, 3.05) is 14.2 Å². The second-order valence-corrected chi connectivity index (χ2v) is 4.35. The monoisotopic (exact) mass is 267 g/mol. The number of ether oxygens (including phenoxy) is 2. The molecule has 5 heteroatoms. The summed E-state index contributed by atoms with van der Waals surface area (Å²) in [6, 6.07) is 0. The first-order chi connectivity index (χ1) is 9.15. The number of methoxy groups -OCH3 is 2. The number of rotatable bonds is 7. The standard InChI is InChI=1S/C14H21NO4/c1-4-5-6-7-8-10-11(13(16)18-2)9-15-12(10)14(17)19-3/h9,15H,4-8H2,1-3H3. The number of carbonyl (C=O) groups is 2. The summed E-state index contributed by atoms with van der Waals surface area (Å²) in [6.07, 6.45) is 6.46. The lowest BCUT2D eigenvalue weighted by Crippen LogP contribution is -2.09. The van der Waals surface area contributed by atoms with E-state index in [-0.39, 0.29) is 0 Å². The van der Waals surface area contributed by atoms with Gasteiger partial charge in [-0.15, -0.1) is 0 Å². The zero-order chi connectivity index (χ0) is 14.3. The molecule has 0 unspecified atom stereocenters. The smallest absolute Gasteiger partial charge is 0.354 e. The molecule has 0 aliphatic carbocycles. The maximum Gasteiger partial charge on any atom is 0.354 e. The first-order valence-corrected chi connectivity index (χ1v) is 6.52. The molecule has 0 saturated heterocycles. The van der Waals surface area contributed by atoms with Crippen molar-refractivity contribution < 1.29 is 19.1 Å². The lowest BCUT2D eigenvalue weighted by atomic mass is 10.0. The number of nitrogens with one attached hydrogen (secondary N) is 1. The van der Waals surface area contributed by atoms with Gasteiger partial charge >= 0.3 is 11.9 Å². The van der Waals surface area contributed by atoms with Crippen LogP contribution in [0.25, 0.3) is 0 Å². The van der Waals surface area contributed by atoms with E-state index >= 15 is 0 Å². The summed E-state index contributed by atoms with van der Waals surface area (Å²) in [4.78, 5) is 26.1. The Balaban J connectivity index is 2.90. The van der Waals surface area contributed by atoms with Crippen LogP contribution in [0.4, 0.5) is 0 Å². The molecule has 19 heavy (non-hydrogen) atoms. The fourth-order valence-electron chi connectivity index (χ4n) is 2.02. The van der Waals surface area contributed by atoms with Gasteiger partial charge in [-0.1, -0.05) is 26.2 Å². The second-order valence-electron chi connectivity index (χ2n) is 4.35. The molecule has 0 saturated carbocycles. The van der Waals surface area contributed by atoms with Crippen LogP contribution in [-0.4, -0.2) is 31.1 Å². The molecule has 1 aromatic rings. The number of H-pyrrole nitrogens is 1. The number of carbonyl (C=O) groups excluding carboxylic acids is 2. The zero-order valence-electron chi connectivity index (χ0n) is 11.7. The Hall–Kier alpha value is -1.78. The topological polar surface area (TPSA) is 68.4 Å². The third kappa shape index (κ3) is 3.84. The fraction of sp³-hybridized carbons (Fsp3) is 0.571. The average molecular weight is 267 g/mol. The summed E-state index contributed by atoms with van der Waals surface area (Å²) >= 11 is 0. The van der Waals surface area contributed by atoms with Crippen molar-refractivity contribution in [1.82, 2.24) is 4.98 Å². The van der Waals surface area contributed by atoms with Gasteiger partial charge in [0.15, 0.2) is 0 Å². The number of esters is 2. The molecule has 0 bridgehead atoms. The molecule has 0 atom stereocenters. The molecule has 0 radical (unpaired) electrons. The number of unbranched alkanes of at least 4 members (excludes halogenated alkanes) is 3. The third-order valence-electron chi connectivity index (χ3n) is 3.06. The van der Waals surface area contributed by atoms with Gasteiger partial charge in [-0.2, -0.15) is 0 Å². The van der Waals surface area contributed by atoms with Crippen molar-refractivity contribution in [3.05, 3.63) is 23.0 Å². The highest BCUT2D eigenvalue weighted by molar-refractivity contribution is 5.97. The van der Waals surface area contributed by atoms with Gasteiger partial charge in [0.25, 0.3) is 0 Å². The van der Waals surface area contributed by atoms with Crippen molar-refractivity contribution >= 4 is 11.9 Å². The van der Waals surface area contributed by atoms with Gasteiger partial charge < -0.3 is 14.5 Å². The van der Waals surface area contributed by atoms with Crippen LogP contribution in [0.1, 0.15) is 59.0 Å². The van der Waals surface area contributed by atoms with E-state index in [1.807, 2.05) is 0 Å². The van der Waals surface area contributed by atoms with Crippen LogP contribution in [0.3, 0.4) is 0 Å². The molecule has 1 aromatic heterocycles. The minimum atomic E-state index is -0.458. The predicted molar refractivity (Wildman–Crippen MR) is 71.3 cm³/mol. The summed E-state index contributed by atoms with van der Waals surface area (Å²) < 4.78 is 9.43. The first kappa shape index (κ1) is 15.3. The molecule has 1 N–H and O–H groups in total. The molecular weight excluding hydrogens is 246 g/mol. The van der Waals surface area contributed by atoms with E-state index < -0.39 is 11.9 Å². The van der Waals surface area contributed by atoms with Crippen molar-refractivity contribution in [3.8, 4) is 0 Å². The minimum absolute atomic E-state index is 0.347. The summed E-state index contributed by atoms with van der Waals surface area (Å²) in [5, 5.41) is 0. The van der Waals surface area contributed by atoms with Crippen LogP contribution < -0.4 is 0 Å². The van der Waals surface area contributed by atoms with Crippen LogP contribution in [0.2, 0.25) is 0 Å². The van der Waals surface area contributed by atoms with E-state index in [4.69, 9.17) is 9.47 Å². The Bertz CT molecular complexity index is 403. The number of aromatic amines is 1. The molecule has 0 fully saturated rings. The SMILES string of the molecule is CCCCCCc1c(C(=O)OC)c[nH]c1C(=O)OC. The maximum atomic E-state index is 11.7. The fourth-order valence-corrected chi connectivity index (χ4v) is 2.02. The van der Waals surface area contributed by atoms with E-state index in [2.05, 4.69) is 11.9 Å². The largest absolute Gasteiger partial charge is 0.465 e. The van der Waals surface area contributed by atoms with Gasteiger partial charge in [-0.05, 0) is 18.4 Å². The van der Waals surface area contributed by atoms with Gasteiger partial charge in [-0.3, -0.25) is 0 Å². The highest BCUT2D eigenvalue weighted by atomic mass is 16.5. The van der Waals surface area contributed by atoms with Crippen molar-refractivity contribution in [3.63, 3.8) is 0 Å². The van der Waals surface area contributed by atoms with Gasteiger partial charge in [0.2, 0.25) is 0 Å². The molecule has 0 aromatic carbocycles. The lowest BCUT2D eigenvalue weighted by Gasteiger charge is -2.05. The maximum absolute atomic E-state index is 11.7. The van der Waals surface area contributed by atoms with Gasteiger partial charge in [0.1, 0.15) is 5.69 Å². The Morgan fingerprint density at radius 2 is 1.79 bits per heavy atom. The highest BCUT2D eigenvalue weighted by Gasteiger charge is 2.22. The highest BCUT2D eigenvalue weighted by Crippen LogP contribution is 2.19. The first-order valence-electron chi connectivity index (χ1n) is 6.52. The van der Waals surface area contributed by atoms with Crippen LogP contribution in [0.15, 0.2) is 6.20 Å². The Labute approximate surface area is 113 Å². The lowest BCUT2D eigenvalue weighted by molar-refractivity contribution is 0.0593. The molecule has 0 aliphatic heterocycles. The van der Waals surface area contributed by atoms with E-state index in [9.17, 15) is 9.59 Å². The Morgan fingerprint density at radius 1 is 1.11 bits per heavy atom. The summed E-state index contributed by atoms with van der Waals surface area (Å²) in [5.74, 6) is -0.891. The van der Waals surface area contributed by atoms with E-state index in [1.54, 1.807) is 0 Å². The molecule has 1 heterocycles. The predicted octanol–water partition coefficient (Wildman–Crippen LogP) is 2.71. The molecule has 0 amide bonds. The molecule has 0 aliphatic rings.